The summed E-state index contributed by atoms with van der Waals surface area (Å²) in [6.45, 7) is 1.77. The number of amides is 1. The lowest BCUT2D eigenvalue weighted by Gasteiger charge is -2.38. The van der Waals surface area contributed by atoms with Crippen molar-refractivity contribution < 1.29 is 27.9 Å². The molecule has 2 aliphatic rings. The summed E-state index contributed by atoms with van der Waals surface area (Å²) < 4.78 is 38.7. The van der Waals surface area contributed by atoms with Gasteiger partial charge in [0.1, 0.15) is 0 Å². The third-order valence-corrected chi connectivity index (χ3v) is 5.89. The maximum absolute atomic E-state index is 12.9. The van der Waals surface area contributed by atoms with Gasteiger partial charge in [0.05, 0.1) is 12.0 Å². The minimum atomic E-state index is -4.38. The van der Waals surface area contributed by atoms with Gasteiger partial charge in [-0.05, 0) is 36.5 Å². The maximum atomic E-state index is 12.9. The average molecular weight is 398 g/mol. The SMILES string of the molecule is O=C(O)CC1(CC(=O)N2CCN(c3cccc(C(F)(F)F)c3)CC2)CCCC1. The molecule has 1 aromatic carbocycles. The zero-order valence-electron chi connectivity index (χ0n) is 15.7. The van der Waals surface area contributed by atoms with Gasteiger partial charge in [-0.1, -0.05) is 18.9 Å². The molecule has 1 saturated carbocycles. The van der Waals surface area contributed by atoms with Crippen LogP contribution < -0.4 is 4.90 Å². The number of carbonyl (C=O) groups excluding carboxylic acids is 1. The first-order chi connectivity index (χ1) is 13.2. The summed E-state index contributed by atoms with van der Waals surface area (Å²) in [6.07, 6.45) is -0.711. The van der Waals surface area contributed by atoms with E-state index in [1.807, 2.05) is 4.90 Å². The molecule has 0 atom stereocenters. The van der Waals surface area contributed by atoms with Crippen molar-refractivity contribution in [2.75, 3.05) is 31.1 Å². The number of carboxylic acid groups (broad SMARTS) is 1. The average Bonchev–Trinajstić information content (AvgIpc) is 3.08. The van der Waals surface area contributed by atoms with Crippen LogP contribution in [-0.4, -0.2) is 48.1 Å². The predicted octanol–water partition coefficient (Wildman–Crippen LogP) is 3.78. The molecule has 1 saturated heterocycles. The van der Waals surface area contributed by atoms with Crippen molar-refractivity contribution in [2.45, 2.75) is 44.7 Å². The first-order valence-corrected chi connectivity index (χ1v) is 9.60. The first kappa shape index (κ1) is 20.5. The van der Waals surface area contributed by atoms with Crippen molar-refractivity contribution >= 4 is 17.6 Å². The molecule has 5 nitrogen and oxygen atoms in total. The van der Waals surface area contributed by atoms with Crippen molar-refractivity contribution in [1.82, 2.24) is 4.90 Å². The molecule has 0 radical (unpaired) electrons. The van der Waals surface area contributed by atoms with Crippen molar-refractivity contribution in [3.63, 3.8) is 0 Å². The van der Waals surface area contributed by atoms with E-state index in [-0.39, 0.29) is 18.7 Å². The molecule has 1 N–H and O–H groups in total. The molecule has 3 rings (SSSR count). The van der Waals surface area contributed by atoms with Gasteiger partial charge in [0, 0.05) is 38.3 Å². The summed E-state index contributed by atoms with van der Waals surface area (Å²) in [6, 6.07) is 5.23. The molecule has 154 valence electrons. The first-order valence-electron chi connectivity index (χ1n) is 9.60. The maximum Gasteiger partial charge on any atom is 0.416 e. The molecule has 1 aliphatic heterocycles. The van der Waals surface area contributed by atoms with Crippen LogP contribution in [0, 0.1) is 5.41 Å². The molecule has 1 amide bonds. The molecule has 8 heteroatoms. The molecule has 1 aliphatic carbocycles. The summed E-state index contributed by atoms with van der Waals surface area (Å²) in [7, 11) is 0. The largest absolute Gasteiger partial charge is 0.481 e. The highest BCUT2D eigenvalue weighted by molar-refractivity contribution is 5.78. The van der Waals surface area contributed by atoms with E-state index in [1.165, 1.54) is 6.07 Å². The topological polar surface area (TPSA) is 60.9 Å². The summed E-state index contributed by atoms with van der Waals surface area (Å²) >= 11 is 0. The Morgan fingerprint density at radius 1 is 1.04 bits per heavy atom. The van der Waals surface area contributed by atoms with Crippen LogP contribution in [0.5, 0.6) is 0 Å². The molecular weight excluding hydrogens is 373 g/mol. The number of anilines is 1. The second kappa shape index (κ2) is 8.01. The number of nitrogens with zero attached hydrogens (tertiary/aromatic N) is 2. The second-order valence-corrected chi connectivity index (χ2v) is 7.87. The van der Waals surface area contributed by atoms with Crippen LogP contribution in [0.4, 0.5) is 18.9 Å². The summed E-state index contributed by atoms with van der Waals surface area (Å²) in [5.74, 6) is -0.920. The molecular formula is C20H25F3N2O3. The number of benzene rings is 1. The van der Waals surface area contributed by atoms with Crippen LogP contribution in [-0.2, 0) is 15.8 Å². The Hall–Kier alpha value is -2.25. The van der Waals surface area contributed by atoms with Crippen molar-refractivity contribution in [3.8, 4) is 0 Å². The number of aliphatic carboxylic acids is 1. The van der Waals surface area contributed by atoms with E-state index in [1.54, 1.807) is 11.0 Å². The fourth-order valence-corrected chi connectivity index (χ4v) is 4.39. The van der Waals surface area contributed by atoms with Crippen LogP contribution in [0.2, 0.25) is 0 Å². The van der Waals surface area contributed by atoms with Gasteiger partial charge in [-0.15, -0.1) is 0 Å². The molecule has 28 heavy (non-hydrogen) atoms. The Kier molecular flexibility index (Phi) is 5.86. The lowest BCUT2D eigenvalue weighted by atomic mass is 9.79. The zero-order chi connectivity index (χ0) is 20.4. The molecule has 1 aromatic rings. The van der Waals surface area contributed by atoms with E-state index < -0.39 is 23.1 Å². The normalized spacial score (nSPS) is 19.7. The highest BCUT2D eigenvalue weighted by Gasteiger charge is 2.39. The fraction of sp³-hybridized carbons (Fsp3) is 0.600. The lowest BCUT2D eigenvalue weighted by molar-refractivity contribution is -0.141. The zero-order valence-corrected chi connectivity index (χ0v) is 15.7. The number of carboxylic acids is 1. The minimum absolute atomic E-state index is 0.0168. The molecule has 2 fully saturated rings. The van der Waals surface area contributed by atoms with Gasteiger partial charge in [-0.2, -0.15) is 13.2 Å². The highest BCUT2D eigenvalue weighted by atomic mass is 19.4. The van der Waals surface area contributed by atoms with Crippen LogP contribution in [0.3, 0.4) is 0 Å². The minimum Gasteiger partial charge on any atom is -0.481 e. The van der Waals surface area contributed by atoms with Crippen LogP contribution in [0.1, 0.15) is 44.1 Å². The third kappa shape index (κ3) is 4.77. The Morgan fingerprint density at radius 3 is 2.25 bits per heavy atom. The van der Waals surface area contributed by atoms with Crippen LogP contribution in [0.25, 0.3) is 0 Å². The summed E-state index contributed by atoms with van der Waals surface area (Å²) in [5, 5.41) is 9.19. The van der Waals surface area contributed by atoms with Gasteiger partial charge < -0.3 is 14.9 Å². The number of hydrogen-bond donors (Lipinski definition) is 1. The standard InChI is InChI=1S/C20H25F3N2O3/c21-20(22,23)15-4-3-5-16(12-15)24-8-10-25(11-9-24)17(26)13-19(14-18(27)28)6-1-2-7-19/h3-5,12H,1-2,6-11,13-14H2,(H,27,28). The number of rotatable bonds is 5. The number of piperazine rings is 1. The van der Waals surface area contributed by atoms with Gasteiger partial charge in [-0.25, -0.2) is 0 Å². The van der Waals surface area contributed by atoms with Gasteiger partial charge >= 0.3 is 12.1 Å². The summed E-state index contributed by atoms with van der Waals surface area (Å²) in [4.78, 5) is 27.5. The lowest BCUT2D eigenvalue weighted by Crippen LogP contribution is -2.49. The van der Waals surface area contributed by atoms with Gasteiger partial charge in [0.25, 0.3) is 0 Å². The van der Waals surface area contributed by atoms with Crippen molar-refractivity contribution in [1.29, 1.82) is 0 Å². The monoisotopic (exact) mass is 398 g/mol. The quantitative estimate of drug-likeness (QED) is 0.820. The Labute approximate surface area is 162 Å². The van der Waals surface area contributed by atoms with Gasteiger partial charge in [-0.3, -0.25) is 9.59 Å². The predicted molar refractivity (Wildman–Crippen MR) is 98.0 cm³/mol. The summed E-state index contributed by atoms with van der Waals surface area (Å²) in [5.41, 5.74) is -0.624. The van der Waals surface area contributed by atoms with E-state index in [2.05, 4.69) is 0 Å². The molecule has 0 spiro atoms. The molecule has 0 unspecified atom stereocenters. The Morgan fingerprint density at radius 2 is 1.68 bits per heavy atom. The third-order valence-electron chi connectivity index (χ3n) is 5.89. The number of halogens is 3. The Bertz CT molecular complexity index is 722. The van der Waals surface area contributed by atoms with Gasteiger partial charge in [0.15, 0.2) is 0 Å². The Balaban J connectivity index is 1.59. The second-order valence-electron chi connectivity index (χ2n) is 7.87. The molecule has 1 heterocycles. The fourth-order valence-electron chi connectivity index (χ4n) is 4.39. The number of alkyl halides is 3. The van der Waals surface area contributed by atoms with E-state index in [0.29, 0.717) is 31.9 Å². The van der Waals surface area contributed by atoms with Crippen molar-refractivity contribution in [2.24, 2.45) is 5.41 Å². The van der Waals surface area contributed by atoms with Crippen molar-refractivity contribution in [3.05, 3.63) is 29.8 Å². The number of carbonyl (C=O) groups is 2. The van der Waals surface area contributed by atoms with Gasteiger partial charge in [0.2, 0.25) is 5.91 Å². The number of hydrogen-bond acceptors (Lipinski definition) is 3. The van der Waals surface area contributed by atoms with Crippen LogP contribution in [0.15, 0.2) is 24.3 Å². The van der Waals surface area contributed by atoms with E-state index in [0.717, 1.165) is 37.8 Å². The smallest absolute Gasteiger partial charge is 0.416 e. The molecule has 0 bridgehead atoms. The van der Waals surface area contributed by atoms with E-state index in [9.17, 15) is 27.9 Å². The van der Waals surface area contributed by atoms with E-state index in [4.69, 9.17) is 0 Å². The highest BCUT2D eigenvalue weighted by Crippen LogP contribution is 2.44. The molecule has 0 aromatic heterocycles. The van der Waals surface area contributed by atoms with E-state index >= 15 is 0 Å². The van der Waals surface area contributed by atoms with Crippen LogP contribution >= 0.6 is 0 Å².